The van der Waals surface area contributed by atoms with Crippen LogP contribution in [0.2, 0.25) is 10.3 Å². The summed E-state index contributed by atoms with van der Waals surface area (Å²) in [5.74, 6) is 0.461. The van der Waals surface area contributed by atoms with Crippen molar-refractivity contribution in [3.05, 3.63) is 54.9 Å². The van der Waals surface area contributed by atoms with Crippen LogP contribution < -0.4 is 0 Å². The molecule has 2 heterocycles. The minimum Gasteiger partial charge on any atom is -0.392 e. The number of aliphatic hydroxyl groups excluding tert-OH is 1. The van der Waals surface area contributed by atoms with Crippen molar-refractivity contribution in [2.75, 3.05) is 0 Å². The molecule has 0 unspecified atom stereocenters. The summed E-state index contributed by atoms with van der Waals surface area (Å²) in [7, 11) is 7.36. The van der Waals surface area contributed by atoms with Gasteiger partial charge in [-0.15, -0.1) is 11.6 Å². The van der Waals surface area contributed by atoms with Gasteiger partial charge >= 0.3 is 0 Å². The lowest BCUT2D eigenvalue weighted by atomic mass is 10.3. The number of nitrogens with zero attached hydrogens (tertiary/aromatic N) is 2. The first-order chi connectivity index (χ1) is 11.2. The molecular formula is C12H9Br2Cl5N2O2S. The minimum absolute atomic E-state index is 0.0111. The standard InChI is InChI=1S/C6H4BrCl2N.C6H5BrClNO.Cl2OS/c7-5-1-4(2-8)3-10-6(5)9;7-5-1-4(3-10)2-9-6(5)8;1-4(2)3/h1,3H,2H2;1-2,10H,3H2;. The Kier molecular flexibility index (Phi) is 14.4. The highest BCUT2D eigenvalue weighted by Crippen LogP contribution is 2.21. The van der Waals surface area contributed by atoms with E-state index in [0.717, 1.165) is 15.6 Å². The molecule has 2 rings (SSSR count). The molecule has 0 amide bonds. The number of alkyl halides is 1. The molecule has 0 bridgehead atoms. The second kappa shape index (κ2) is 13.9. The van der Waals surface area contributed by atoms with E-state index in [9.17, 15) is 0 Å². The molecule has 0 atom stereocenters. The highest BCUT2D eigenvalue weighted by Gasteiger charge is 1.98. The SMILES string of the molecule is ClCc1cnc(Cl)c(Br)c1.O=S(Cl)Cl.OCc1cnc(Cl)c(Br)c1. The molecule has 0 saturated carbocycles. The van der Waals surface area contributed by atoms with Gasteiger partial charge in [0.25, 0.3) is 0 Å². The molecule has 0 fully saturated rings. The van der Waals surface area contributed by atoms with Crippen molar-refractivity contribution in [3.8, 4) is 0 Å². The molecule has 0 saturated heterocycles. The minimum atomic E-state index is -1.67. The van der Waals surface area contributed by atoms with Crippen molar-refractivity contribution in [2.24, 2.45) is 0 Å². The fourth-order valence-electron chi connectivity index (χ4n) is 1.08. The number of hydrogen-bond acceptors (Lipinski definition) is 4. The maximum Gasteiger partial charge on any atom is 0.211 e. The largest absolute Gasteiger partial charge is 0.392 e. The zero-order chi connectivity index (χ0) is 18.7. The normalized spacial score (nSPS) is 9.71. The lowest BCUT2D eigenvalue weighted by Gasteiger charge is -1.96. The molecule has 24 heavy (non-hydrogen) atoms. The highest BCUT2D eigenvalue weighted by atomic mass is 79.9. The van der Waals surface area contributed by atoms with Crippen LogP contribution >= 0.6 is 88.0 Å². The van der Waals surface area contributed by atoms with Gasteiger partial charge in [-0.25, -0.2) is 14.2 Å². The van der Waals surface area contributed by atoms with Crippen LogP contribution in [0.3, 0.4) is 0 Å². The van der Waals surface area contributed by atoms with Crippen LogP contribution in [0, 0.1) is 0 Å². The second-order valence-corrected chi connectivity index (χ2v) is 8.92. The Bertz CT molecular complexity index is 626. The summed E-state index contributed by atoms with van der Waals surface area (Å²) in [6.45, 7) is -0.0111. The summed E-state index contributed by atoms with van der Waals surface area (Å²) < 4.78 is 10.6. The molecule has 0 radical (unpaired) electrons. The zero-order valence-corrected chi connectivity index (χ0v) is 19.3. The van der Waals surface area contributed by atoms with E-state index in [4.69, 9.17) is 44.1 Å². The number of rotatable bonds is 2. The fourth-order valence-corrected chi connectivity index (χ4v) is 2.23. The van der Waals surface area contributed by atoms with Gasteiger partial charge in [-0.1, -0.05) is 23.2 Å². The average molecular weight is 582 g/mol. The van der Waals surface area contributed by atoms with E-state index < -0.39 is 9.23 Å². The predicted molar refractivity (Wildman–Crippen MR) is 109 cm³/mol. The van der Waals surface area contributed by atoms with Crippen LogP contribution in [0.1, 0.15) is 11.1 Å². The lowest BCUT2D eigenvalue weighted by Crippen LogP contribution is -1.85. The van der Waals surface area contributed by atoms with Crippen molar-refractivity contribution in [1.82, 2.24) is 9.97 Å². The predicted octanol–water partition coefficient (Wildman–Crippen LogP) is 6.27. The van der Waals surface area contributed by atoms with Crippen LogP contribution in [0.25, 0.3) is 0 Å². The Hall–Kier alpha value is 0.820. The van der Waals surface area contributed by atoms with E-state index in [2.05, 4.69) is 63.2 Å². The van der Waals surface area contributed by atoms with Gasteiger partial charge in [0, 0.05) is 39.6 Å². The van der Waals surface area contributed by atoms with Gasteiger partial charge in [0.1, 0.15) is 10.3 Å². The van der Waals surface area contributed by atoms with Gasteiger partial charge in [-0.2, -0.15) is 0 Å². The van der Waals surface area contributed by atoms with Crippen molar-refractivity contribution < 1.29 is 9.32 Å². The van der Waals surface area contributed by atoms with E-state index in [1.165, 1.54) is 6.20 Å². The van der Waals surface area contributed by atoms with Gasteiger partial charge < -0.3 is 5.11 Å². The number of aromatic nitrogens is 2. The van der Waals surface area contributed by atoms with Crippen LogP contribution in [0.4, 0.5) is 0 Å². The Balaban J connectivity index is 0.000000363. The Labute approximate surface area is 182 Å². The van der Waals surface area contributed by atoms with Crippen molar-refractivity contribution in [1.29, 1.82) is 0 Å². The van der Waals surface area contributed by atoms with E-state index in [1.807, 2.05) is 6.07 Å². The first kappa shape index (κ1) is 24.8. The number of aliphatic hydroxyl groups is 1. The number of halogens is 7. The van der Waals surface area contributed by atoms with Gasteiger partial charge in [-0.3, -0.25) is 0 Å². The molecule has 0 aliphatic heterocycles. The van der Waals surface area contributed by atoms with E-state index in [0.29, 0.717) is 20.7 Å². The first-order valence-electron chi connectivity index (χ1n) is 5.72. The Morgan fingerprint density at radius 2 is 1.38 bits per heavy atom. The summed E-state index contributed by atoms with van der Waals surface area (Å²) in [4.78, 5) is 7.69. The zero-order valence-electron chi connectivity index (χ0n) is 11.5. The van der Waals surface area contributed by atoms with Gasteiger partial charge in [0.05, 0.1) is 15.6 Å². The average Bonchev–Trinajstić information content (AvgIpc) is 2.53. The molecular weight excluding hydrogens is 573 g/mol. The molecule has 1 N–H and O–H groups in total. The summed E-state index contributed by atoms with van der Waals surface area (Å²) in [5, 5.41) is 9.53. The summed E-state index contributed by atoms with van der Waals surface area (Å²) in [6.07, 6.45) is 3.19. The van der Waals surface area contributed by atoms with Gasteiger partial charge in [-0.05, 0) is 55.1 Å². The maximum absolute atomic E-state index is 9.09. The second-order valence-electron chi connectivity index (χ2n) is 3.71. The third-order valence-corrected chi connectivity index (χ3v) is 4.62. The number of hydrogen-bond donors (Lipinski definition) is 1. The summed E-state index contributed by atoms with van der Waals surface area (Å²) in [5.41, 5.74) is 1.70. The molecule has 4 nitrogen and oxygen atoms in total. The fraction of sp³-hybridized carbons (Fsp3) is 0.167. The highest BCUT2D eigenvalue weighted by molar-refractivity contribution is 9.10. The van der Waals surface area contributed by atoms with E-state index in [1.54, 1.807) is 12.3 Å². The number of pyridine rings is 2. The molecule has 2 aromatic rings. The molecule has 0 spiro atoms. The lowest BCUT2D eigenvalue weighted by molar-refractivity contribution is 0.281. The molecule has 0 aliphatic rings. The van der Waals surface area contributed by atoms with Crippen LogP contribution in [-0.4, -0.2) is 19.3 Å². The van der Waals surface area contributed by atoms with Crippen molar-refractivity contribution >= 4 is 97.3 Å². The van der Waals surface area contributed by atoms with Gasteiger partial charge in [0.15, 0.2) is 0 Å². The Morgan fingerprint density at radius 1 is 1.00 bits per heavy atom. The summed E-state index contributed by atoms with van der Waals surface area (Å²) in [6, 6.07) is 3.58. The van der Waals surface area contributed by atoms with Crippen LogP contribution in [0.15, 0.2) is 33.5 Å². The monoisotopic (exact) mass is 578 g/mol. The Morgan fingerprint density at radius 3 is 1.71 bits per heavy atom. The topological polar surface area (TPSA) is 63.1 Å². The molecule has 0 aromatic carbocycles. The first-order valence-corrected chi connectivity index (χ1v) is 11.4. The van der Waals surface area contributed by atoms with Crippen LogP contribution in [-0.2, 0) is 21.7 Å². The summed E-state index contributed by atoms with van der Waals surface area (Å²) >= 11 is 23.2. The molecule has 134 valence electrons. The van der Waals surface area contributed by atoms with Crippen LogP contribution in [0.5, 0.6) is 0 Å². The quantitative estimate of drug-likeness (QED) is 0.258. The third kappa shape index (κ3) is 11.4. The molecule has 2 aromatic heterocycles. The maximum atomic E-state index is 9.09. The smallest absolute Gasteiger partial charge is 0.211 e. The molecule has 0 aliphatic carbocycles. The third-order valence-electron chi connectivity index (χ3n) is 2.04. The molecule has 12 heteroatoms. The van der Waals surface area contributed by atoms with Crippen molar-refractivity contribution in [2.45, 2.75) is 12.5 Å². The van der Waals surface area contributed by atoms with Crippen molar-refractivity contribution in [3.63, 3.8) is 0 Å². The van der Waals surface area contributed by atoms with Gasteiger partial charge in [0.2, 0.25) is 9.23 Å². The van der Waals surface area contributed by atoms with E-state index in [-0.39, 0.29) is 6.61 Å². The van der Waals surface area contributed by atoms with E-state index >= 15 is 0 Å².